The molecule has 12 heteroatoms. The summed E-state index contributed by atoms with van der Waals surface area (Å²) in [6.07, 6.45) is -1.24. The van der Waals surface area contributed by atoms with Crippen molar-refractivity contribution in [1.29, 1.82) is 0 Å². The number of anilines is 1. The lowest BCUT2D eigenvalue weighted by atomic mass is 9.54. The predicted octanol–water partition coefficient (Wildman–Crippen LogP) is 0.493. The average molecular weight is 609 g/mol. The summed E-state index contributed by atoms with van der Waals surface area (Å²) in [5, 5.41) is 49.3. The van der Waals surface area contributed by atoms with Crippen molar-refractivity contribution in [2.75, 3.05) is 40.2 Å². The second-order valence-electron chi connectivity index (χ2n) is 12.4. The monoisotopic (exact) mass is 608 g/mol. The van der Waals surface area contributed by atoms with E-state index in [-0.39, 0.29) is 36.3 Å². The molecule has 2 aromatic rings. The number of nitrogens with two attached hydrogens (primary N) is 1. The number of aliphatic hydroxyl groups excluding tert-OH is 2. The first-order chi connectivity index (χ1) is 20.7. The molecule has 2 aromatic carbocycles. The van der Waals surface area contributed by atoms with Gasteiger partial charge < -0.3 is 46.0 Å². The summed E-state index contributed by atoms with van der Waals surface area (Å²) in [5.41, 5.74) is 5.36. The zero-order valence-corrected chi connectivity index (χ0v) is 25.5. The number of nitrogens with zero attached hydrogens (tertiary/aromatic N) is 2. The lowest BCUT2D eigenvalue weighted by Crippen LogP contribution is -2.73. The van der Waals surface area contributed by atoms with Crippen molar-refractivity contribution in [3.63, 3.8) is 0 Å². The SMILES string of the molecule is COc1ccccc1CNCc1cc(N(C)C)c2c(c1O)C(O)=C1C(=O)[C@]3(O)C(=O)C(C(N)=O)C(O)C(N(C)C)[C@@H]3C[C@@H]1C2. The molecule has 0 bridgehead atoms. The summed E-state index contributed by atoms with van der Waals surface area (Å²) in [6.45, 7) is 0.646. The number of rotatable bonds is 8. The second kappa shape index (κ2) is 11.5. The number of likely N-dealkylation sites (N-methyl/N-ethyl adjacent to an activating group) is 1. The summed E-state index contributed by atoms with van der Waals surface area (Å²) in [7, 11) is 8.50. The molecule has 1 amide bonds. The van der Waals surface area contributed by atoms with Crippen LogP contribution < -0.4 is 20.7 Å². The Morgan fingerprint density at radius 3 is 2.39 bits per heavy atom. The second-order valence-corrected chi connectivity index (χ2v) is 12.4. The topological polar surface area (TPSA) is 186 Å². The Hall–Kier alpha value is -3.97. The lowest BCUT2D eigenvalue weighted by Gasteiger charge is -2.53. The van der Waals surface area contributed by atoms with Crippen molar-refractivity contribution in [3.8, 4) is 11.5 Å². The number of carbonyl (C=O) groups is 3. The van der Waals surface area contributed by atoms with Crippen molar-refractivity contribution in [3.05, 3.63) is 58.2 Å². The molecule has 0 heterocycles. The van der Waals surface area contributed by atoms with Gasteiger partial charge in [0.2, 0.25) is 11.7 Å². The number of ketones is 2. The van der Waals surface area contributed by atoms with Crippen LogP contribution in [0.4, 0.5) is 5.69 Å². The van der Waals surface area contributed by atoms with Gasteiger partial charge in [-0.05, 0) is 50.6 Å². The van der Waals surface area contributed by atoms with Crippen LogP contribution in [0.15, 0.2) is 35.9 Å². The highest BCUT2D eigenvalue weighted by Gasteiger charge is 2.67. The molecule has 236 valence electrons. The maximum Gasteiger partial charge on any atom is 0.230 e. The normalized spacial score (nSPS) is 28.0. The summed E-state index contributed by atoms with van der Waals surface area (Å²) in [4.78, 5) is 43.4. The third-order valence-corrected chi connectivity index (χ3v) is 9.45. The molecule has 2 saturated carbocycles. The number of aromatic hydroxyl groups is 1. The quantitative estimate of drug-likeness (QED) is 0.229. The van der Waals surface area contributed by atoms with Crippen LogP contribution in [-0.2, 0) is 33.9 Å². The first-order valence-electron chi connectivity index (χ1n) is 14.5. The van der Waals surface area contributed by atoms with Gasteiger partial charge in [-0.25, -0.2) is 0 Å². The number of Topliss-reactive ketones (excluding diaryl/α,β-unsaturated/α-hetero) is 2. The number of hydrogen-bond acceptors (Lipinski definition) is 11. The number of primary amides is 1. The minimum absolute atomic E-state index is 0.0610. The highest BCUT2D eigenvalue weighted by atomic mass is 16.5. The van der Waals surface area contributed by atoms with Crippen LogP contribution >= 0.6 is 0 Å². The van der Waals surface area contributed by atoms with Gasteiger partial charge in [0.05, 0.1) is 18.8 Å². The Bertz CT molecular complexity index is 1550. The van der Waals surface area contributed by atoms with Crippen molar-refractivity contribution >= 4 is 28.9 Å². The minimum atomic E-state index is -2.70. The fourth-order valence-electron chi connectivity index (χ4n) is 7.42. The molecule has 44 heavy (non-hydrogen) atoms. The van der Waals surface area contributed by atoms with E-state index in [9.17, 15) is 34.8 Å². The highest BCUT2D eigenvalue weighted by Crippen LogP contribution is 2.53. The number of nitrogens with one attached hydrogen (secondary N) is 1. The van der Waals surface area contributed by atoms with Crippen molar-refractivity contribution in [1.82, 2.24) is 10.2 Å². The first-order valence-corrected chi connectivity index (χ1v) is 14.5. The van der Waals surface area contributed by atoms with E-state index >= 15 is 0 Å². The zero-order valence-electron chi connectivity index (χ0n) is 25.5. The summed E-state index contributed by atoms with van der Waals surface area (Å²) >= 11 is 0. The number of amides is 1. The van der Waals surface area contributed by atoms with Crippen molar-refractivity contribution < 1.29 is 39.5 Å². The predicted molar refractivity (Wildman–Crippen MR) is 162 cm³/mol. The molecular formula is C32H40N4O8. The van der Waals surface area contributed by atoms with Crippen molar-refractivity contribution in [2.24, 2.45) is 23.5 Å². The van der Waals surface area contributed by atoms with Gasteiger partial charge in [0, 0.05) is 61.5 Å². The van der Waals surface area contributed by atoms with Gasteiger partial charge in [0.1, 0.15) is 23.2 Å². The Balaban J connectivity index is 1.58. The standard InChI is InChI=1S/C32H40N4O8/c1-35(2)20-12-17(14-34-13-15-8-6-7-9-21(15)44-5)26(37)23-18(20)10-16-11-19-25(36(3)4)28(39)24(31(33)42)30(41)32(19,43)29(40)22(16)27(23)38/h6-9,12,16,19,24-25,28,34,37-39,43H,10-11,13-14H2,1-5H3,(H2,33,42)/t16-,19-,24?,25?,28?,32-/m0/s1. The maximum atomic E-state index is 14.1. The van der Waals surface area contributed by atoms with E-state index in [1.165, 1.54) is 0 Å². The van der Waals surface area contributed by atoms with Gasteiger partial charge >= 0.3 is 0 Å². The number of hydrogen-bond donors (Lipinski definition) is 6. The summed E-state index contributed by atoms with van der Waals surface area (Å²) in [5.74, 6) is -6.90. The molecule has 0 saturated heterocycles. The lowest BCUT2D eigenvalue weighted by molar-refractivity contribution is -0.184. The Morgan fingerprint density at radius 2 is 1.77 bits per heavy atom. The average Bonchev–Trinajstić information content (AvgIpc) is 2.95. The molecule has 2 fully saturated rings. The maximum absolute atomic E-state index is 14.1. The van der Waals surface area contributed by atoms with Crippen LogP contribution in [-0.4, -0.2) is 95.8 Å². The Morgan fingerprint density at radius 1 is 1.11 bits per heavy atom. The minimum Gasteiger partial charge on any atom is -0.507 e. The van der Waals surface area contributed by atoms with Gasteiger partial charge in [0.15, 0.2) is 11.4 Å². The number of methoxy groups -OCH3 is 1. The molecule has 0 aromatic heterocycles. The van der Waals surface area contributed by atoms with E-state index in [4.69, 9.17) is 10.5 Å². The van der Waals surface area contributed by atoms with E-state index in [0.717, 1.165) is 11.3 Å². The van der Waals surface area contributed by atoms with Crippen LogP contribution in [0.1, 0.15) is 28.7 Å². The molecule has 0 aliphatic heterocycles. The highest BCUT2D eigenvalue weighted by molar-refractivity contribution is 6.25. The van der Waals surface area contributed by atoms with E-state index in [0.29, 0.717) is 23.4 Å². The molecule has 7 N–H and O–H groups in total. The van der Waals surface area contributed by atoms with Crippen LogP contribution in [0.2, 0.25) is 0 Å². The third kappa shape index (κ3) is 4.73. The molecule has 3 aliphatic rings. The van der Waals surface area contributed by atoms with Crippen LogP contribution in [0.3, 0.4) is 0 Å². The number of phenols is 1. The van der Waals surface area contributed by atoms with Crippen molar-refractivity contribution in [2.45, 2.75) is 43.7 Å². The molecule has 3 unspecified atom stereocenters. The Labute approximate surface area is 255 Å². The smallest absolute Gasteiger partial charge is 0.230 e. The van der Waals surface area contributed by atoms with Gasteiger partial charge in [-0.1, -0.05) is 18.2 Å². The Kier molecular flexibility index (Phi) is 8.23. The zero-order chi connectivity index (χ0) is 32.2. The largest absolute Gasteiger partial charge is 0.507 e. The van der Waals surface area contributed by atoms with Crippen LogP contribution in [0.25, 0.3) is 5.76 Å². The first kappa shape index (κ1) is 31.5. The van der Waals surface area contributed by atoms with E-state index in [1.807, 2.05) is 49.3 Å². The van der Waals surface area contributed by atoms with E-state index in [1.54, 1.807) is 26.1 Å². The summed E-state index contributed by atoms with van der Waals surface area (Å²) < 4.78 is 5.42. The van der Waals surface area contributed by atoms with Gasteiger partial charge in [-0.2, -0.15) is 0 Å². The fraction of sp³-hybridized carbons (Fsp3) is 0.469. The number of carbonyl (C=O) groups excluding carboxylic acids is 3. The van der Waals surface area contributed by atoms with Gasteiger partial charge in [0.25, 0.3) is 0 Å². The number of benzene rings is 2. The van der Waals surface area contributed by atoms with E-state index in [2.05, 4.69) is 5.32 Å². The molecule has 3 aliphatic carbocycles. The molecule has 5 rings (SSSR count). The molecular weight excluding hydrogens is 568 g/mol. The molecule has 0 radical (unpaired) electrons. The summed E-state index contributed by atoms with van der Waals surface area (Å²) in [6, 6.07) is 8.42. The fourth-order valence-corrected chi connectivity index (χ4v) is 7.42. The number of fused-ring (bicyclic) bond motifs is 3. The van der Waals surface area contributed by atoms with Crippen LogP contribution in [0.5, 0.6) is 11.5 Å². The number of aliphatic hydroxyl groups is 3. The van der Waals surface area contributed by atoms with Gasteiger partial charge in [-0.3, -0.25) is 14.4 Å². The van der Waals surface area contributed by atoms with Gasteiger partial charge in [-0.15, -0.1) is 0 Å². The molecule has 12 nitrogen and oxygen atoms in total. The molecule has 6 atom stereocenters. The van der Waals surface area contributed by atoms with Crippen LogP contribution in [0, 0.1) is 17.8 Å². The number of para-hydroxylation sites is 1. The number of phenolic OH excluding ortho intramolecular Hbond substituents is 1. The van der Waals surface area contributed by atoms with E-state index < -0.39 is 58.7 Å². The third-order valence-electron chi connectivity index (χ3n) is 9.45. The number of ether oxygens (including phenoxy) is 1. The molecule has 0 spiro atoms.